The Morgan fingerprint density at radius 3 is 2.78 bits per heavy atom. The molecular formula is C14H17ClN4O2S2. The third-order valence-electron chi connectivity index (χ3n) is 3.01. The molecule has 1 aromatic heterocycles. The number of halogens is 1. The fourth-order valence-corrected chi connectivity index (χ4v) is 3.73. The van der Waals surface area contributed by atoms with E-state index < -0.39 is 0 Å². The van der Waals surface area contributed by atoms with Gasteiger partial charge in [0.1, 0.15) is 5.75 Å². The number of thioether (sulfide) groups is 1. The Morgan fingerprint density at radius 2 is 2.17 bits per heavy atom. The van der Waals surface area contributed by atoms with E-state index in [1.807, 2.05) is 13.8 Å². The summed E-state index contributed by atoms with van der Waals surface area (Å²) in [6.07, 6.45) is 0. The first-order valence-electron chi connectivity index (χ1n) is 6.77. The van der Waals surface area contributed by atoms with Crippen molar-refractivity contribution in [3.05, 3.63) is 22.7 Å². The summed E-state index contributed by atoms with van der Waals surface area (Å²) >= 11 is 8.83. The summed E-state index contributed by atoms with van der Waals surface area (Å²) < 4.78 is 6.00. The van der Waals surface area contributed by atoms with Crippen LogP contribution in [0.25, 0.3) is 0 Å². The third-order valence-corrected chi connectivity index (χ3v) is 5.54. The molecule has 0 aliphatic rings. The quantitative estimate of drug-likeness (QED) is 0.753. The van der Waals surface area contributed by atoms with Gasteiger partial charge in [-0.3, -0.25) is 4.79 Å². The lowest BCUT2D eigenvalue weighted by molar-refractivity contribution is -0.115. The van der Waals surface area contributed by atoms with E-state index in [9.17, 15) is 4.79 Å². The molecule has 1 aromatic carbocycles. The number of hydrogen-bond donors (Lipinski definition) is 2. The van der Waals surface area contributed by atoms with Gasteiger partial charge < -0.3 is 15.4 Å². The molecule has 0 spiro atoms. The number of benzene rings is 1. The molecule has 9 heteroatoms. The van der Waals surface area contributed by atoms with Crippen molar-refractivity contribution < 1.29 is 9.53 Å². The number of ether oxygens (including phenoxy) is 1. The summed E-state index contributed by atoms with van der Waals surface area (Å²) in [5.74, 6) is 0.385. The van der Waals surface area contributed by atoms with Crippen LogP contribution >= 0.6 is 34.7 Å². The van der Waals surface area contributed by atoms with E-state index in [-0.39, 0.29) is 11.2 Å². The van der Waals surface area contributed by atoms with Crippen molar-refractivity contribution in [2.24, 2.45) is 0 Å². The van der Waals surface area contributed by atoms with Gasteiger partial charge in [-0.1, -0.05) is 34.7 Å². The number of amides is 1. The molecule has 0 bridgehead atoms. The highest BCUT2D eigenvalue weighted by atomic mass is 35.5. The van der Waals surface area contributed by atoms with Gasteiger partial charge in [-0.15, -0.1) is 10.2 Å². The van der Waals surface area contributed by atoms with Crippen molar-refractivity contribution in [2.45, 2.75) is 23.4 Å². The maximum atomic E-state index is 12.4. The predicted octanol–water partition coefficient (Wildman–Crippen LogP) is 3.67. The normalized spacial score (nSPS) is 11.9. The maximum Gasteiger partial charge on any atom is 0.237 e. The van der Waals surface area contributed by atoms with Gasteiger partial charge >= 0.3 is 0 Å². The smallest absolute Gasteiger partial charge is 0.237 e. The van der Waals surface area contributed by atoms with Crippen LogP contribution in [0.1, 0.15) is 12.5 Å². The van der Waals surface area contributed by atoms with Crippen molar-refractivity contribution >= 4 is 51.4 Å². The van der Waals surface area contributed by atoms with Gasteiger partial charge in [-0.2, -0.15) is 0 Å². The standard InChI is InChI=1S/C14H17ClN4O2S2/c1-7-5-10(11(21-4)6-9(7)15)17-12(20)8(2)22-14-19-18-13(16-3)23-14/h5-6,8H,1-4H3,(H,16,18)(H,17,20)/t8-/m0/s1. The first-order chi connectivity index (χ1) is 10.9. The molecule has 0 fully saturated rings. The second-order valence-corrected chi connectivity index (χ2v) is 7.65. The van der Waals surface area contributed by atoms with Crippen LogP contribution in [-0.2, 0) is 4.79 Å². The van der Waals surface area contributed by atoms with Gasteiger partial charge in [-0.25, -0.2) is 0 Å². The molecule has 0 radical (unpaired) electrons. The second kappa shape index (κ2) is 7.85. The van der Waals surface area contributed by atoms with Crippen LogP contribution in [0.2, 0.25) is 5.02 Å². The summed E-state index contributed by atoms with van der Waals surface area (Å²) in [7, 11) is 3.32. The van der Waals surface area contributed by atoms with Crippen molar-refractivity contribution in [1.29, 1.82) is 0 Å². The molecule has 6 nitrogen and oxygen atoms in total. The van der Waals surface area contributed by atoms with E-state index in [0.29, 0.717) is 16.5 Å². The summed E-state index contributed by atoms with van der Waals surface area (Å²) in [4.78, 5) is 12.4. The van der Waals surface area contributed by atoms with E-state index in [4.69, 9.17) is 16.3 Å². The molecule has 1 atom stereocenters. The number of anilines is 2. The zero-order valence-corrected chi connectivity index (χ0v) is 15.5. The molecule has 0 aliphatic carbocycles. The van der Waals surface area contributed by atoms with Crippen LogP contribution in [0.5, 0.6) is 5.75 Å². The minimum atomic E-state index is -0.326. The first-order valence-corrected chi connectivity index (χ1v) is 8.85. The van der Waals surface area contributed by atoms with Crippen molar-refractivity contribution in [1.82, 2.24) is 10.2 Å². The van der Waals surface area contributed by atoms with Crippen molar-refractivity contribution in [3.8, 4) is 5.75 Å². The second-order valence-electron chi connectivity index (χ2n) is 4.67. The van der Waals surface area contributed by atoms with E-state index in [1.165, 1.54) is 30.2 Å². The molecular weight excluding hydrogens is 356 g/mol. The molecule has 0 saturated carbocycles. The average Bonchev–Trinajstić information content (AvgIpc) is 2.98. The number of hydrogen-bond acceptors (Lipinski definition) is 7. The highest BCUT2D eigenvalue weighted by Gasteiger charge is 2.19. The summed E-state index contributed by atoms with van der Waals surface area (Å²) in [5.41, 5.74) is 1.46. The van der Waals surface area contributed by atoms with Crippen LogP contribution in [-0.4, -0.2) is 35.5 Å². The lowest BCUT2D eigenvalue weighted by Crippen LogP contribution is -2.22. The summed E-state index contributed by atoms with van der Waals surface area (Å²) in [6, 6.07) is 3.48. The SMILES string of the molecule is CNc1nnc(S[C@@H](C)C(=O)Nc2cc(C)c(Cl)cc2OC)s1. The molecule has 0 saturated heterocycles. The van der Waals surface area contributed by atoms with Gasteiger partial charge in [0.15, 0.2) is 4.34 Å². The summed E-state index contributed by atoms with van der Waals surface area (Å²) in [5, 5.41) is 14.7. The Balaban J connectivity index is 2.07. The van der Waals surface area contributed by atoms with Crippen LogP contribution in [0, 0.1) is 6.92 Å². The molecule has 2 aromatic rings. The monoisotopic (exact) mass is 372 g/mol. The lowest BCUT2D eigenvalue weighted by atomic mass is 10.2. The fraction of sp³-hybridized carbons (Fsp3) is 0.357. The van der Waals surface area contributed by atoms with Crippen molar-refractivity contribution in [2.75, 3.05) is 24.8 Å². The highest BCUT2D eigenvalue weighted by molar-refractivity contribution is 8.02. The Kier molecular flexibility index (Phi) is 6.09. The molecule has 0 unspecified atom stereocenters. The Morgan fingerprint density at radius 1 is 1.43 bits per heavy atom. The molecule has 2 N–H and O–H groups in total. The number of methoxy groups -OCH3 is 1. The van der Waals surface area contributed by atoms with Crippen LogP contribution in [0.4, 0.5) is 10.8 Å². The van der Waals surface area contributed by atoms with Crippen LogP contribution in [0.3, 0.4) is 0 Å². The van der Waals surface area contributed by atoms with Crippen LogP contribution < -0.4 is 15.4 Å². The van der Waals surface area contributed by atoms with E-state index >= 15 is 0 Å². The molecule has 124 valence electrons. The number of nitrogens with zero attached hydrogens (tertiary/aromatic N) is 2. The number of carbonyl (C=O) groups excluding carboxylic acids is 1. The number of carbonyl (C=O) groups is 1. The fourth-order valence-electron chi connectivity index (χ4n) is 1.73. The lowest BCUT2D eigenvalue weighted by Gasteiger charge is -2.14. The van der Waals surface area contributed by atoms with E-state index in [0.717, 1.165) is 15.0 Å². The largest absolute Gasteiger partial charge is 0.495 e. The molecule has 0 aliphatic heterocycles. The molecule has 1 amide bonds. The Bertz CT molecular complexity index is 708. The van der Waals surface area contributed by atoms with Gasteiger partial charge in [0.2, 0.25) is 11.0 Å². The molecule has 2 rings (SSSR count). The summed E-state index contributed by atoms with van der Waals surface area (Å²) in [6.45, 7) is 3.69. The topological polar surface area (TPSA) is 76.1 Å². The van der Waals surface area contributed by atoms with Gasteiger partial charge in [0.25, 0.3) is 0 Å². The molecule has 1 heterocycles. The number of aryl methyl sites for hydroxylation is 1. The maximum absolute atomic E-state index is 12.4. The van der Waals surface area contributed by atoms with Gasteiger partial charge in [0.05, 0.1) is 18.0 Å². The average molecular weight is 373 g/mol. The van der Waals surface area contributed by atoms with E-state index in [1.54, 1.807) is 19.2 Å². The number of rotatable bonds is 6. The van der Waals surface area contributed by atoms with Crippen LogP contribution in [0.15, 0.2) is 16.5 Å². The van der Waals surface area contributed by atoms with E-state index in [2.05, 4.69) is 20.8 Å². The zero-order valence-electron chi connectivity index (χ0n) is 13.1. The first kappa shape index (κ1) is 17.8. The third kappa shape index (κ3) is 4.49. The van der Waals surface area contributed by atoms with Crippen molar-refractivity contribution in [3.63, 3.8) is 0 Å². The molecule has 23 heavy (non-hydrogen) atoms. The predicted molar refractivity (Wildman–Crippen MR) is 96.1 cm³/mol. The van der Waals surface area contributed by atoms with Gasteiger partial charge in [0, 0.05) is 18.1 Å². The number of aromatic nitrogens is 2. The number of nitrogens with one attached hydrogen (secondary N) is 2. The Labute approximate surface area is 148 Å². The minimum absolute atomic E-state index is 0.142. The zero-order chi connectivity index (χ0) is 17.0. The minimum Gasteiger partial charge on any atom is -0.495 e. The highest BCUT2D eigenvalue weighted by Crippen LogP contribution is 2.33. The Hall–Kier alpha value is -1.51. The van der Waals surface area contributed by atoms with Gasteiger partial charge in [-0.05, 0) is 25.5 Å².